The molecule has 216 valence electrons. The summed E-state index contributed by atoms with van der Waals surface area (Å²) in [6, 6.07) is 27.1. The average Bonchev–Trinajstić information content (AvgIpc) is 3.35. The number of nitrogens with zero attached hydrogens (tertiary/aromatic N) is 2. The van der Waals surface area contributed by atoms with Gasteiger partial charge in [-0.3, -0.25) is 4.57 Å². The third-order valence-electron chi connectivity index (χ3n) is 7.19. The van der Waals surface area contributed by atoms with Gasteiger partial charge < -0.3 is 24.2 Å². The SMILES string of the molecule is CC(C)(C)OC(=O)n1cc(N2C[C@@H](O)[C@@H](OCc3ccccc3)[C@H](OCc3ccccc3)[C@@H]2CCl)c2ccccc21. The van der Waals surface area contributed by atoms with Crippen LogP contribution in [0.1, 0.15) is 31.9 Å². The summed E-state index contributed by atoms with van der Waals surface area (Å²) in [5.41, 5.74) is 2.85. The molecule has 8 heteroatoms. The van der Waals surface area contributed by atoms with Crippen LogP contribution in [0.25, 0.3) is 10.9 Å². The van der Waals surface area contributed by atoms with Crippen LogP contribution in [-0.4, -0.2) is 58.1 Å². The number of carbonyl (C=O) groups excluding carboxylic acids is 1. The largest absolute Gasteiger partial charge is 0.443 e. The first kappa shape index (κ1) is 29.1. The van der Waals surface area contributed by atoms with Crippen molar-refractivity contribution in [3.63, 3.8) is 0 Å². The van der Waals surface area contributed by atoms with Crippen LogP contribution in [0.5, 0.6) is 0 Å². The topological polar surface area (TPSA) is 73.2 Å². The molecule has 3 aromatic carbocycles. The van der Waals surface area contributed by atoms with Gasteiger partial charge in [0.2, 0.25) is 0 Å². The lowest BCUT2D eigenvalue weighted by Gasteiger charge is -2.47. The Bertz CT molecular complexity index is 1440. The summed E-state index contributed by atoms with van der Waals surface area (Å²) in [5.74, 6) is 0.226. The summed E-state index contributed by atoms with van der Waals surface area (Å²) >= 11 is 6.68. The minimum atomic E-state index is -0.873. The van der Waals surface area contributed by atoms with Crippen LogP contribution in [0.4, 0.5) is 10.5 Å². The predicted molar refractivity (Wildman–Crippen MR) is 161 cm³/mol. The highest BCUT2D eigenvalue weighted by molar-refractivity contribution is 6.18. The lowest BCUT2D eigenvalue weighted by Crippen LogP contribution is -2.63. The first-order valence-corrected chi connectivity index (χ1v) is 14.4. The molecule has 4 aromatic rings. The van der Waals surface area contributed by atoms with Crippen molar-refractivity contribution >= 4 is 34.3 Å². The van der Waals surface area contributed by atoms with E-state index >= 15 is 0 Å². The molecule has 4 atom stereocenters. The van der Waals surface area contributed by atoms with Gasteiger partial charge in [-0.05, 0) is 38.0 Å². The summed E-state index contributed by atoms with van der Waals surface area (Å²) in [6.45, 7) is 6.44. The molecule has 7 nitrogen and oxygen atoms in total. The molecule has 2 heterocycles. The van der Waals surface area contributed by atoms with Gasteiger partial charge in [0.05, 0.1) is 30.5 Å². The molecule has 1 N–H and O–H groups in total. The molecule has 0 aliphatic carbocycles. The number of fused-ring (bicyclic) bond motifs is 1. The Morgan fingerprint density at radius 1 is 0.878 bits per heavy atom. The fourth-order valence-corrected chi connectivity index (χ4v) is 5.64. The van der Waals surface area contributed by atoms with Gasteiger partial charge in [0.15, 0.2) is 0 Å². The molecule has 0 unspecified atom stereocenters. The quantitative estimate of drug-likeness (QED) is 0.245. The molecule has 0 bridgehead atoms. The monoisotopic (exact) mass is 576 g/mol. The Morgan fingerprint density at radius 3 is 2.02 bits per heavy atom. The first-order chi connectivity index (χ1) is 19.7. The lowest BCUT2D eigenvalue weighted by molar-refractivity contribution is -0.149. The number of carbonyl (C=O) groups is 1. The van der Waals surface area contributed by atoms with Crippen LogP contribution >= 0.6 is 11.6 Å². The highest BCUT2D eigenvalue weighted by atomic mass is 35.5. The minimum absolute atomic E-state index is 0.226. The zero-order valence-electron chi connectivity index (χ0n) is 23.7. The molecule has 5 rings (SSSR count). The van der Waals surface area contributed by atoms with E-state index in [0.29, 0.717) is 18.7 Å². The van der Waals surface area contributed by atoms with E-state index in [2.05, 4.69) is 0 Å². The smallest absolute Gasteiger partial charge is 0.419 e. The number of aliphatic hydroxyl groups excluding tert-OH is 1. The minimum Gasteiger partial charge on any atom is -0.443 e. The van der Waals surface area contributed by atoms with Gasteiger partial charge in [0.25, 0.3) is 0 Å². The first-order valence-electron chi connectivity index (χ1n) is 13.9. The maximum absolute atomic E-state index is 13.2. The van der Waals surface area contributed by atoms with Crippen molar-refractivity contribution < 1.29 is 24.1 Å². The van der Waals surface area contributed by atoms with Crippen molar-refractivity contribution in [2.75, 3.05) is 17.3 Å². The molecule has 0 amide bonds. The zero-order chi connectivity index (χ0) is 29.0. The fourth-order valence-electron chi connectivity index (χ4n) is 5.30. The van der Waals surface area contributed by atoms with Gasteiger partial charge in [0, 0.05) is 24.0 Å². The second-order valence-corrected chi connectivity index (χ2v) is 11.7. The zero-order valence-corrected chi connectivity index (χ0v) is 24.4. The summed E-state index contributed by atoms with van der Waals surface area (Å²) < 4.78 is 20.1. The number of hydrogen-bond donors (Lipinski definition) is 1. The fraction of sp³-hybridized carbons (Fsp3) is 0.364. The van der Waals surface area contributed by atoms with Gasteiger partial charge >= 0.3 is 6.09 Å². The maximum atomic E-state index is 13.2. The molecule has 1 aliphatic heterocycles. The van der Waals surface area contributed by atoms with E-state index in [4.69, 9.17) is 25.8 Å². The second kappa shape index (κ2) is 12.7. The predicted octanol–water partition coefficient (Wildman–Crippen LogP) is 6.38. The van der Waals surface area contributed by atoms with E-state index in [1.807, 2.05) is 111 Å². The number of β-amino-alcohol motifs (C(OH)–C–C–N with tert-alkyl or cyclic N) is 1. The van der Waals surface area contributed by atoms with Crippen LogP contribution in [0.3, 0.4) is 0 Å². The van der Waals surface area contributed by atoms with Gasteiger partial charge in [-0.2, -0.15) is 0 Å². The molecule has 1 saturated heterocycles. The third kappa shape index (κ3) is 6.76. The Balaban J connectivity index is 1.49. The van der Waals surface area contributed by atoms with Crippen LogP contribution in [0.2, 0.25) is 0 Å². The van der Waals surface area contributed by atoms with E-state index < -0.39 is 30.0 Å². The van der Waals surface area contributed by atoms with E-state index in [-0.39, 0.29) is 18.5 Å². The number of aromatic nitrogens is 1. The van der Waals surface area contributed by atoms with Crippen LogP contribution in [-0.2, 0) is 27.4 Å². The van der Waals surface area contributed by atoms with Crippen molar-refractivity contribution in [1.82, 2.24) is 4.57 Å². The Kier molecular flexibility index (Phi) is 9.00. The van der Waals surface area contributed by atoms with E-state index in [0.717, 1.165) is 22.2 Å². The molecule has 0 radical (unpaired) electrons. The highest BCUT2D eigenvalue weighted by Crippen LogP contribution is 2.36. The van der Waals surface area contributed by atoms with Gasteiger partial charge in [-0.15, -0.1) is 11.6 Å². The number of aliphatic hydroxyl groups is 1. The van der Waals surface area contributed by atoms with Crippen LogP contribution in [0, 0.1) is 0 Å². The number of halogens is 1. The summed E-state index contributed by atoms with van der Waals surface area (Å²) in [5, 5.41) is 12.4. The van der Waals surface area contributed by atoms with Crippen molar-refractivity contribution in [2.45, 2.75) is 63.9 Å². The molecule has 1 aromatic heterocycles. The average molecular weight is 577 g/mol. The van der Waals surface area contributed by atoms with E-state index in [1.54, 1.807) is 6.20 Å². The summed E-state index contributed by atoms with van der Waals surface area (Å²) in [7, 11) is 0. The maximum Gasteiger partial charge on any atom is 0.419 e. The number of ether oxygens (including phenoxy) is 3. The standard InChI is InChI=1S/C33H37ClN2O5/c1-33(2,3)41-32(38)36-19-28(25-16-10-11-17-26(25)36)35-20-29(37)31(40-22-24-14-8-5-9-15-24)30(27(35)18-34)39-21-23-12-6-4-7-13-23/h4-17,19,27,29-31,37H,18,20-22H2,1-3H3/t27-,29+,30+,31+/m0/s1. The number of benzene rings is 3. The third-order valence-corrected chi connectivity index (χ3v) is 7.50. The molecule has 1 fully saturated rings. The van der Waals surface area contributed by atoms with E-state index in [1.165, 1.54) is 4.57 Å². The Labute approximate surface area is 246 Å². The molecule has 41 heavy (non-hydrogen) atoms. The lowest BCUT2D eigenvalue weighted by atomic mass is 9.93. The van der Waals surface area contributed by atoms with Gasteiger partial charge in [-0.1, -0.05) is 78.9 Å². The van der Waals surface area contributed by atoms with Gasteiger partial charge in [-0.25, -0.2) is 4.79 Å². The molecule has 0 saturated carbocycles. The number of para-hydroxylation sites is 1. The van der Waals surface area contributed by atoms with Crippen molar-refractivity contribution in [3.05, 3.63) is 102 Å². The number of piperidine rings is 1. The highest BCUT2D eigenvalue weighted by Gasteiger charge is 2.45. The Hall–Kier alpha value is -3.36. The van der Waals surface area contributed by atoms with Crippen molar-refractivity contribution in [3.8, 4) is 0 Å². The summed E-state index contributed by atoms with van der Waals surface area (Å²) in [4.78, 5) is 15.2. The number of anilines is 1. The number of hydrogen-bond acceptors (Lipinski definition) is 6. The number of alkyl halides is 1. The van der Waals surface area contributed by atoms with E-state index in [9.17, 15) is 9.90 Å². The molecular formula is C33H37ClN2O5. The second-order valence-electron chi connectivity index (χ2n) is 11.3. The summed E-state index contributed by atoms with van der Waals surface area (Å²) in [6.07, 6.45) is -0.741. The van der Waals surface area contributed by atoms with Crippen LogP contribution < -0.4 is 4.90 Å². The van der Waals surface area contributed by atoms with Crippen LogP contribution in [0.15, 0.2) is 91.1 Å². The molecule has 0 spiro atoms. The normalized spacial score (nSPS) is 21.2. The molecular weight excluding hydrogens is 540 g/mol. The molecule has 1 aliphatic rings. The van der Waals surface area contributed by atoms with Gasteiger partial charge in [0.1, 0.15) is 23.9 Å². The van der Waals surface area contributed by atoms with Crippen molar-refractivity contribution in [2.24, 2.45) is 0 Å². The number of rotatable bonds is 8. The Morgan fingerprint density at radius 2 is 1.44 bits per heavy atom. The van der Waals surface area contributed by atoms with Crippen molar-refractivity contribution in [1.29, 1.82) is 0 Å².